The SMILES string of the molecule is N[C@H](CN1CC(Oc2ccc3c(c2C(=O)O)OB(O)CC3)C1)c1ccccc1. The van der Waals surface area contributed by atoms with Crippen LogP contribution in [-0.2, 0) is 6.42 Å². The number of carboxylic acid groups (broad SMARTS) is 1. The molecule has 0 unspecified atom stereocenters. The molecule has 0 aromatic heterocycles. The predicted molar refractivity (Wildman–Crippen MR) is 105 cm³/mol. The van der Waals surface area contributed by atoms with E-state index in [-0.39, 0.29) is 29.2 Å². The minimum atomic E-state index is -1.12. The van der Waals surface area contributed by atoms with Crippen LogP contribution >= 0.6 is 0 Å². The summed E-state index contributed by atoms with van der Waals surface area (Å²) in [6.45, 7) is 2.08. The Morgan fingerprint density at radius 2 is 2.04 bits per heavy atom. The van der Waals surface area contributed by atoms with Crippen molar-refractivity contribution in [2.45, 2.75) is 24.9 Å². The van der Waals surface area contributed by atoms with Gasteiger partial charge in [-0.1, -0.05) is 36.4 Å². The topological polar surface area (TPSA) is 105 Å². The second-order valence-electron chi connectivity index (χ2n) is 7.32. The lowest BCUT2D eigenvalue weighted by Crippen LogP contribution is -2.55. The molecule has 2 aromatic carbocycles. The summed E-state index contributed by atoms with van der Waals surface area (Å²) in [6, 6.07) is 13.4. The third kappa shape index (κ3) is 3.85. The molecule has 4 N–H and O–H groups in total. The van der Waals surface area contributed by atoms with E-state index in [0.717, 1.165) is 17.7 Å². The van der Waals surface area contributed by atoms with E-state index >= 15 is 0 Å². The number of aromatic carboxylic acids is 1. The van der Waals surface area contributed by atoms with Gasteiger partial charge < -0.3 is 25.3 Å². The van der Waals surface area contributed by atoms with Gasteiger partial charge in [-0.05, 0) is 29.9 Å². The first-order chi connectivity index (χ1) is 13.5. The fraction of sp³-hybridized carbons (Fsp3) is 0.350. The maximum absolute atomic E-state index is 11.8. The Balaban J connectivity index is 1.40. The van der Waals surface area contributed by atoms with E-state index in [1.54, 1.807) is 6.07 Å². The molecule has 2 aliphatic rings. The van der Waals surface area contributed by atoms with Crippen LogP contribution in [0.2, 0.25) is 6.32 Å². The van der Waals surface area contributed by atoms with E-state index < -0.39 is 13.1 Å². The molecule has 0 spiro atoms. The Bertz CT molecular complexity index is 857. The molecule has 1 saturated heterocycles. The summed E-state index contributed by atoms with van der Waals surface area (Å²) < 4.78 is 11.3. The van der Waals surface area contributed by atoms with Crippen molar-refractivity contribution in [2.75, 3.05) is 19.6 Å². The van der Waals surface area contributed by atoms with E-state index in [1.165, 1.54) is 0 Å². The third-order valence-electron chi connectivity index (χ3n) is 5.23. The Morgan fingerprint density at radius 3 is 2.75 bits per heavy atom. The van der Waals surface area contributed by atoms with Crippen molar-refractivity contribution < 1.29 is 24.3 Å². The number of benzene rings is 2. The average molecular weight is 382 g/mol. The number of hydrogen-bond donors (Lipinski definition) is 3. The minimum Gasteiger partial charge on any atom is -0.535 e. The summed E-state index contributed by atoms with van der Waals surface area (Å²) in [5.74, 6) is -0.633. The van der Waals surface area contributed by atoms with E-state index in [4.69, 9.17) is 15.1 Å². The molecule has 2 aromatic rings. The van der Waals surface area contributed by atoms with Crippen LogP contribution in [0.1, 0.15) is 27.5 Å². The second-order valence-corrected chi connectivity index (χ2v) is 7.32. The van der Waals surface area contributed by atoms with Crippen molar-refractivity contribution >= 4 is 13.1 Å². The number of likely N-dealkylation sites (tertiary alicyclic amines) is 1. The number of nitrogens with two attached hydrogens (primary N) is 1. The van der Waals surface area contributed by atoms with Crippen LogP contribution in [-0.4, -0.2) is 53.9 Å². The predicted octanol–water partition coefficient (Wildman–Crippen LogP) is 1.56. The number of carboxylic acids is 1. The maximum atomic E-state index is 11.8. The van der Waals surface area contributed by atoms with Gasteiger partial charge in [0, 0.05) is 25.7 Å². The molecule has 2 heterocycles. The lowest BCUT2D eigenvalue weighted by molar-refractivity contribution is 0.0153. The van der Waals surface area contributed by atoms with Crippen LogP contribution in [0.15, 0.2) is 42.5 Å². The molecular weight excluding hydrogens is 359 g/mol. The first kappa shape index (κ1) is 18.8. The van der Waals surface area contributed by atoms with Crippen LogP contribution in [0.4, 0.5) is 0 Å². The number of fused-ring (bicyclic) bond motifs is 1. The van der Waals surface area contributed by atoms with Gasteiger partial charge >= 0.3 is 13.1 Å². The van der Waals surface area contributed by atoms with Crippen LogP contribution in [0.25, 0.3) is 0 Å². The van der Waals surface area contributed by atoms with Gasteiger partial charge in [0.2, 0.25) is 0 Å². The quantitative estimate of drug-likeness (QED) is 0.652. The highest BCUT2D eigenvalue weighted by atomic mass is 16.5. The molecule has 4 rings (SSSR count). The first-order valence-corrected chi connectivity index (χ1v) is 9.44. The molecule has 8 heteroatoms. The van der Waals surface area contributed by atoms with Crippen molar-refractivity contribution in [3.05, 3.63) is 59.2 Å². The molecule has 28 heavy (non-hydrogen) atoms. The van der Waals surface area contributed by atoms with Gasteiger partial charge in [-0.2, -0.15) is 0 Å². The lowest BCUT2D eigenvalue weighted by Gasteiger charge is -2.40. The molecule has 7 nitrogen and oxygen atoms in total. The highest BCUT2D eigenvalue weighted by Crippen LogP contribution is 2.37. The van der Waals surface area contributed by atoms with E-state index in [0.29, 0.717) is 25.8 Å². The van der Waals surface area contributed by atoms with Crippen LogP contribution in [0.3, 0.4) is 0 Å². The largest absolute Gasteiger partial charge is 0.535 e. The van der Waals surface area contributed by atoms with Gasteiger partial charge in [0.1, 0.15) is 23.2 Å². The number of aryl methyl sites for hydroxylation is 1. The summed E-state index contributed by atoms with van der Waals surface area (Å²) in [6.07, 6.45) is 0.921. The highest BCUT2D eigenvalue weighted by molar-refractivity contribution is 6.44. The number of ether oxygens (including phenoxy) is 1. The molecule has 0 saturated carbocycles. The molecule has 0 amide bonds. The lowest BCUT2D eigenvalue weighted by atomic mass is 9.78. The van der Waals surface area contributed by atoms with Gasteiger partial charge in [-0.25, -0.2) is 4.79 Å². The Morgan fingerprint density at radius 1 is 1.29 bits per heavy atom. The number of carbonyl (C=O) groups is 1. The van der Waals surface area contributed by atoms with Crippen molar-refractivity contribution in [3.8, 4) is 11.5 Å². The molecule has 1 fully saturated rings. The molecule has 0 bridgehead atoms. The van der Waals surface area contributed by atoms with E-state index in [1.807, 2.05) is 36.4 Å². The molecule has 146 valence electrons. The van der Waals surface area contributed by atoms with Crippen LogP contribution in [0, 0.1) is 0 Å². The first-order valence-electron chi connectivity index (χ1n) is 9.44. The number of rotatable bonds is 6. The zero-order chi connectivity index (χ0) is 19.7. The molecular formula is C20H23BN2O5. The second kappa shape index (κ2) is 7.83. The fourth-order valence-electron chi connectivity index (χ4n) is 3.72. The molecule has 2 aliphatic heterocycles. The van der Waals surface area contributed by atoms with Gasteiger partial charge in [0.25, 0.3) is 0 Å². The summed E-state index contributed by atoms with van der Waals surface area (Å²) in [5, 5.41) is 19.4. The van der Waals surface area contributed by atoms with Crippen molar-refractivity contribution in [1.29, 1.82) is 0 Å². The normalized spacial score (nSPS) is 18.0. The van der Waals surface area contributed by atoms with Gasteiger partial charge in [0.15, 0.2) is 0 Å². The van der Waals surface area contributed by atoms with Crippen molar-refractivity contribution in [2.24, 2.45) is 5.73 Å². The van der Waals surface area contributed by atoms with Crippen molar-refractivity contribution in [1.82, 2.24) is 4.90 Å². The minimum absolute atomic E-state index is 0.0179. The average Bonchev–Trinajstić information content (AvgIpc) is 2.66. The Labute approximate surface area is 163 Å². The van der Waals surface area contributed by atoms with Crippen LogP contribution < -0.4 is 15.1 Å². The third-order valence-corrected chi connectivity index (χ3v) is 5.23. The van der Waals surface area contributed by atoms with Gasteiger partial charge in [-0.15, -0.1) is 0 Å². The maximum Gasteiger partial charge on any atom is 0.522 e. The summed E-state index contributed by atoms with van der Waals surface area (Å²) in [4.78, 5) is 14.0. The monoisotopic (exact) mass is 382 g/mol. The molecule has 0 radical (unpaired) electrons. The van der Waals surface area contributed by atoms with Gasteiger partial charge in [0.05, 0.1) is 0 Å². The van der Waals surface area contributed by atoms with Crippen LogP contribution in [0.5, 0.6) is 11.5 Å². The number of nitrogens with zero attached hydrogens (tertiary/aromatic N) is 1. The zero-order valence-corrected chi connectivity index (χ0v) is 15.5. The summed E-state index contributed by atoms with van der Waals surface area (Å²) >= 11 is 0. The fourth-order valence-corrected chi connectivity index (χ4v) is 3.72. The molecule has 1 atom stereocenters. The highest BCUT2D eigenvalue weighted by Gasteiger charge is 2.34. The smallest absolute Gasteiger partial charge is 0.522 e. The standard InChI is InChI=1S/C20H23BN2O5/c22-16(13-4-2-1-3-5-13)12-23-10-15(11-23)27-17-7-6-14-8-9-21(26)28-19(14)18(17)20(24)25/h1-7,15-16,26H,8-12,22H2,(H,24,25)/t16-/m1/s1. The van der Waals surface area contributed by atoms with E-state index in [2.05, 4.69) is 4.90 Å². The Hall–Kier alpha value is -2.55. The van der Waals surface area contributed by atoms with Crippen molar-refractivity contribution in [3.63, 3.8) is 0 Å². The summed E-state index contributed by atoms with van der Waals surface area (Å²) in [7, 11) is -0.987. The van der Waals surface area contributed by atoms with Gasteiger partial charge in [-0.3, -0.25) is 4.90 Å². The Kier molecular flexibility index (Phi) is 5.26. The summed E-state index contributed by atoms with van der Waals surface area (Å²) in [5.41, 5.74) is 8.10. The van der Waals surface area contributed by atoms with E-state index in [9.17, 15) is 14.9 Å². The number of hydrogen-bond acceptors (Lipinski definition) is 6. The zero-order valence-electron chi connectivity index (χ0n) is 15.5. The molecule has 0 aliphatic carbocycles.